The van der Waals surface area contributed by atoms with Crippen LogP contribution in [-0.2, 0) is 0 Å². The second-order valence-electron chi connectivity index (χ2n) is 6.96. The molecule has 0 aromatic carbocycles. The van der Waals surface area contributed by atoms with Crippen LogP contribution in [0.1, 0.15) is 57.8 Å². The highest BCUT2D eigenvalue weighted by Crippen LogP contribution is 2.47. The summed E-state index contributed by atoms with van der Waals surface area (Å²) < 4.78 is 0. The zero-order chi connectivity index (χ0) is 12.4. The topological polar surface area (TPSA) is 4.44 Å². The number of fused-ring (bicyclic) bond motifs is 2. The Morgan fingerprint density at radius 3 is 2.50 bits per heavy atom. The number of rotatable bonds is 2. The average Bonchev–Trinajstić information content (AvgIpc) is 3.02. The Morgan fingerprint density at radius 1 is 1.00 bits per heavy atom. The van der Waals surface area contributed by atoms with E-state index in [2.05, 4.69) is 18.9 Å². The summed E-state index contributed by atoms with van der Waals surface area (Å²) in [6.45, 7) is 1.08. The molecule has 18 heavy (non-hydrogen) atoms. The molecule has 0 aromatic heterocycles. The Kier molecular flexibility index (Phi) is 3.94. The van der Waals surface area contributed by atoms with E-state index in [9.17, 15) is 0 Å². The Labute approximate surface area is 112 Å². The minimum atomic E-state index is 0.767. The van der Waals surface area contributed by atoms with Crippen molar-refractivity contribution in [3.8, 4) is 11.8 Å². The third-order valence-electron chi connectivity index (χ3n) is 5.69. The van der Waals surface area contributed by atoms with Gasteiger partial charge in [0.1, 0.15) is 6.54 Å². The quantitative estimate of drug-likeness (QED) is 0.713. The van der Waals surface area contributed by atoms with Crippen LogP contribution in [0.15, 0.2) is 0 Å². The molecule has 0 aromatic rings. The standard InChI is InChI=1S/C17H27N/c1-18(17-7-3-2-4-8-17)11-5-6-15-12-14-9-10-16(15)13-14/h14-17H,2-4,7-13H2,1H3/p+1/t14-,15+,16-/m0/s1. The van der Waals surface area contributed by atoms with Crippen molar-refractivity contribution < 1.29 is 4.90 Å². The van der Waals surface area contributed by atoms with Gasteiger partial charge in [0.05, 0.1) is 13.1 Å². The zero-order valence-electron chi connectivity index (χ0n) is 11.9. The summed E-state index contributed by atoms with van der Waals surface area (Å²) in [5.41, 5.74) is 0. The Bertz CT molecular complexity index is 331. The monoisotopic (exact) mass is 246 g/mol. The third kappa shape index (κ3) is 2.75. The molecular formula is C17H28N+. The predicted octanol–water partition coefficient (Wildman–Crippen LogP) is 2.27. The van der Waals surface area contributed by atoms with Gasteiger partial charge in [-0.15, -0.1) is 0 Å². The maximum atomic E-state index is 3.61. The molecule has 1 unspecified atom stereocenters. The van der Waals surface area contributed by atoms with E-state index in [1.165, 1.54) is 57.8 Å². The van der Waals surface area contributed by atoms with E-state index in [1.54, 1.807) is 4.90 Å². The van der Waals surface area contributed by atoms with Crippen molar-refractivity contribution in [1.29, 1.82) is 0 Å². The Balaban J connectivity index is 1.46. The average molecular weight is 246 g/mol. The lowest BCUT2D eigenvalue weighted by Crippen LogP contribution is -3.13. The molecule has 0 spiro atoms. The summed E-state index contributed by atoms with van der Waals surface area (Å²) in [4.78, 5) is 1.67. The van der Waals surface area contributed by atoms with Crippen molar-refractivity contribution in [3.63, 3.8) is 0 Å². The van der Waals surface area contributed by atoms with Crippen molar-refractivity contribution in [2.75, 3.05) is 13.6 Å². The van der Waals surface area contributed by atoms with Gasteiger partial charge in [-0.2, -0.15) is 0 Å². The molecule has 1 N–H and O–H groups in total. The highest BCUT2D eigenvalue weighted by molar-refractivity contribution is 5.10. The van der Waals surface area contributed by atoms with E-state index < -0.39 is 0 Å². The van der Waals surface area contributed by atoms with E-state index in [4.69, 9.17) is 0 Å². The van der Waals surface area contributed by atoms with Crippen LogP contribution in [0.25, 0.3) is 0 Å². The van der Waals surface area contributed by atoms with Crippen molar-refractivity contribution in [2.24, 2.45) is 17.8 Å². The number of hydrogen-bond acceptors (Lipinski definition) is 0. The fraction of sp³-hybridized carbons (Fsp3) is 0.882. The first-order valence-corrected chi connectivity index (χ1v) is 8.13. The van der Waals surface area contributed by atoms with E-state index in [0.717, 1.165) is 30.3 Å². The molecule has 0 radical (unpaired) electrons. The largest absolute Gasteiger partial charge is 0.325 e. The Morgan fingerprint density at radius 2 is 1.83 bits per heavy atom. The predicted molar refractivity (Wildman–Crippen MR) is 75.3 cm³/mol. The summed E-state index contributed by atoms with van der Waals surface area (Å²) in [6.07, 6.45) is 13.1. The molecule has 0 heterocycles. The molecule has 3 fully saturated rings. The maximum absolute atomic E-state index is 3.61. The van der Waals surface area contributed by atoms with Gasteiger partial charge < -0.3 is 4.90 Å². The van der Waals surface area contributed by atoms with E-state index in [1.807, 2.05) is 0 Å². The SMILES string of the molecule is C[NH+](CC#C[C@@H]1C[C@@H]2CC[C@H]1C2)C1CCCCC1. The van der Waals surface area contributed by atoms with Crippen LogP contribution in [0.5, 0.6) is 0 Å². The molecule has 0 saturated heterocycles. The molecular weight excluding hydrogens is 218 g/mol. The zero-order valence-corrected chi connectivity index (χ0v) is 11.9. The van der Waals surface area contributed by atoms with Gasteiger partial charge in [-0.3, -0.25) is 0 Å². The molecule has 3 aliphatic rings. The number of quaternary nitrogens is 1. The van der Waals surface area contributed by atoms with Crippen molar-refractivity contribution in [2.45, 2.75) is 63.8 Å². The molecule has 0 aliphatic heterocycles. The van der Waals surface area contributed by atoms with Crippen LogP contribution < -0.4 is 4.90 Å². The summed E-state index contributed by atoms with van der Waals surface area (Å²) in [5, 5.41) is 0. The van der Waals surface area contributed by atoms with Gasteiger partial charge in [-0.1, -0.05) is 18.8 Å². The molecule has 2 bridgehead atoms. The first kappa shape index (κ1) is 12.5. The van der Waals surface area contributed by atoms with Crippen LogP contribution >= 0.6 is 0 Å². The summed E-state index contributed by atoms with van der Waals surface area (Å²) in [6, 6.07) is 0.896. The molecule has 100 valence electrons. The van der Waals surface area contributed by atoms with Crippen LogP contribution in [-0.4, -0.2) is 19.6 Å². The van der Waals surface area contributed by atoms with Gasteiger partial charge in [0, 0.05) is 5.92 Å². The summed E-state index contributed by atoms with van der Waals surface area (Å²) >= 11 is 0. The minimum Gasteiger partial charge on any atom is -0.325 e. The lowest BCUT2D eigenvalue weighted by atomic mass is 9.89. The number of nitrogens with one attached hydrogen (secondary N) is 1. The summed E-state index contributed by atoms with van der Waals surface area (Å²) in [5.74, 6) is 9.91. The Hall–Kier alpha value is -0.480. The summed E-state index contributed by atoms with van der Waals surface area (Å²) in [7, 11) is 2.35. The van der Waals surface area contributed by atoms with Crippen molar-refractivity contribution in [3.05, 3.63) is 0 Å². The van der Waals surface area contributed by atoms with Gasteiger partial charge in [0.2, 0.25) is 0 Å². The third-order valence-corrected chi connectivity index (χ3v) is 5.69. The molecule has 4 atom stereocenters. The second-order valence-corrected chi connectivity index (χ2v) is 6.96. The van der Waals surface area contributed by atoms with Crippen LogP contribution in [0, 0.1) is 29.6 Å². The van der Waals surface area contributed by atoms with Gasteiger partial charge in [0.15, 0.2) is 0 Å². The molecule has 3 saturated carbocycles. The first-order valence-electron chi connectivity index (χ1n) is 8.13. The second kappa shape index (κ2) is 5.66. The molecule has 3 rings (SSSR count). The van der Waals surface area contributed by atoms with Crippen molar-refractivity contribution >= 4 is 0 Å². The van der Waals surface area contributed by atoms with Crippen LogP contribution in [0.2, 0.25) is 0 Å². The van der Waals surface area contributed by atoms with E-state index in [-0.39, 0.29) is 0 Å². The fourth-order valence-electron chi connectivity index (χ4n) is 4.48. The van der Waals surface area contributed by atoms with Gasteiger partial charge in [-0.25, -0.2) is 0 Å². The fourth-order valence-corrected chi connectivity index (χ4v) is 4.48. The van der Waals surface area contributed by atoms with E-state index >= 15 is 0 Å². The van der Waals surface area contributed by atoms with E-state index in [0.29, 0.717) is 0 Å². The molecule has 1 nitrogen and oxygen atoms in total. The first-order chi connectivity index (χ1) is 8.83. The lowest BCUT2D eigenvalue weighted by Gasteiger charge is -2.26. The highest BCUT2D eigenvalue weighted by Gasteiger charge is 2.38. The smallest absolute Gasteiger partial charge is 0.139 e. The molecule has 1 heteroatoms. The van der Waals surface area contributed by atoms with Gasteiger partial charge in [-0.05, 0) is 62.7 Å². The lowest BCUT2D eigenvalue weighted by molar-refractivity contribution is -0.900. The van der Waals surface area contributed by atoms with Crippen molar-refractivity contribution in [1.82, 2.24) is 0 Å². The normalized spacial score (nSPS) is 37.3. The number of hydrogen-bond donors (Lipinski definition) is 1. The minimum absolute atomic E-state index is 0.767. The highest BCUT2D eigenvalue weighted by atomic mass is 15.1. The molecule has 0 amide bonds. The van der Waals surface area contributed by atoms with Gasteiger partial charge in [0.25, 0.3) is 0 Å². The van der Waals surface area contributed by atoms with Crippen LogP contribution in [0.4, 0.5) is 0 Å². The maximum Gasteiger partial charge on any atom is 0.139 e. The van der Waals surface area contributed by atoms with Crippen LogP contribution in [0.3, 0.4) is 0 Å². The molecule has 3 aliphatic carbocycles. The van der Waals surface area contributed by atoms with Gasteiger partial charge >= 0.3 is 0 Å².